The third kappa shape index (κ3) is 5.92. The number of nitrogens with one attached hydrogen (secondary N) is 2. The lowest BCUT2D eigenvalue weighted by Crippen LogP contribution is -2.39. The molecular weight excluding hydrogens is 304 g/mol. The Morgan fingerprint density at radius 2 is 1.71 bits per heavy atom. The normalized spacial score (nSPS) is 20.6. The van der Waals surface area contributed by atoms with Gasteiger partial charge in [0.15, 0.2) is 0 Å². The Balaban J connectivity index is 1.68. The minimum Gasteiger partial charge on any atom is -0.355 e. The van der Waals surface area contributed by atoms with Gasteiger partial charge in [-0.05, 0) is 51.9 Å². The van der Waals surface area contributed by atoms with Crippen LogP contribution >= 0.6 is 0 Å². The van der Waals surface area contributed by atoms with E-state index >= 15 is 0 Å². The SMILES string of the molecule is CN(C)CCNC(=O)C1CCC(C(=O)NCc2ccccn2)CC1. The molecule has 0 atom stereocenters. The standard InChI is InChI=1S/C18H28N4O2/c1-22(2)12-11-20-17(23)14-6-8-15(9-7-14)18(24)21-13-16-5-3-4-10-19-16/h3-5,10,14-15H,6-9,11-13H2,1-2H3,(H,20,23)(H,21,24). The van der Waals surface area contributed by atoms with Crippen LogP contribution < -0.4 is 10.6 Å². The number of pyridine rings is 1. The van der Waals surface area contributed by atoms with Crippen LogP contribution in [0.25, 0.3) is 0 Å². The van der Waals surface area contributed by atoms with Crippen molar-refractivity contribution in [2.24, 2.45) is 11.8 Å². The third-order valence-electron chi connectivity index (χ3n) is 4.50. The Bertz CT molecular complexity index is 525. The van der Waals surface area contributed by atoms with E-state index in [1.54, 1.807) is 6.20 Å². The molecule has 2 N–H and O–H groups in total. The van der Waals surface area contributed by atoms with Gasteiger partial charge in [-0.15, -0.1) is 0 Å². The number of hydrogen-bond donors (Lipinski definition) is 2. The average molecular weight is 332 g/mol. The summed E-state index contributed by atoms with van der Waals surface area (Å²) in [6, 6.07) is 5.67. The zero-order valence-corrected chi connectivity index (χ0v) is 14.6. The maximum Gasteiger partial charge on any atom is 0.223 e. The van der Waals surface area contributed by atoms with Crippen LogP contribution in [0.1, 0.15) is 31.4 Å². The number of nitrogens with zero attached hydrogens (tertiary/aromatic N) is 2. The first-order valence-electron chi connectivity index (χ1n) is 8.66. The van der Waals surface area contributed by atoms with Gasteiger partial charge in [-0.2, -0.15) is 0 Å². The van der Waals surface area contributed by atoms with E-state index in [2.05, 4.69) is 15.6 Å². The largest absolute Gasteiger partial charge is 0.355 e. The number of rotatable bonds is 7. The summed E-state index contributed by atoms with van der Waals surface area (Å²) in [5.41, 5.74) is 0.861. The highest BCUT2D eigenvalue weighted by molar-refractivity contribution is 5.81. The van der Waals surface area contributed by atoms with Crippen LogP contribution in [0.2, 0.25) is 0 Å². The summed E-state index contributed by atoms with van der Waals surface area (Å²) in [5.74, 6) is 0.267. The summed E-state index contributed by atoms with van der Waals surface area (Å²) < 4.78 is 0. The van der Waals surface area contributed by atoms with Crippen molar-refractivity contribution in [3.05, 3.63) is 30.1 Å². The van der Waals surface area contributed by atoms with Crippen molar-refractivity contribution >= 4 is 11.8 Å². The topological polar surface area (TPSA) is 74.3 Å². The lowest BCUT2D eigenvalue weighted by atomic mass is 9.81. The lowest BCUT2D eigenvalue weighted by molar-refractivity contribution is -0.130. The summed E-state index contributed by atoms with van der Waals surface area (Å²) >= 11 is 0. The Hall–Kier alpha value is -1.95. The number of likely N-dealkylation sites (N-methyl/N-ethyl adjacent to an activating group) is 1. The predicted molar refractivity (Wildman–Crippen MR) is 93.1 cm³/mol. The van der Waals surface area contributed by atoms with Crippen LogP contribution in [-0.4, -0.2) is 48.9 Å². The molecule has 1 aliphatic carbocycles. The second-order valence-electron chi connectivity index (χ2n) is 6.68. The van der Waals surface area contributed by atoms with Gasteiger partial charge in [0, 0.05) is 31.1 Å². The van der Waals surface area contributed by atoms with E-state index in [1.165, 1.54) is 0 Å². The van der Waals surface area contributed by atoms with Crippen molar-refractivity contribution in [2.45, 2.75) is 32.2 Å². The van der Waals surface area contributed by atoms with E-state index in [9.17, 15) is 9.59 Å². The van der Waals surface area contributed by atoms with Crippen molar-refractivity contribution in [2.75, 3.05) is 27.2 Å². The van der Waals surface area contributed by atoms with Crippen LogP contribution in [0.3, 0.4) is 0 Å². The number of hydrogen-bond acceptors (Lipinski definition) is 4. The minimum atomic E-state index is 0.0135. The summed E-state index contributed by atoms with van der Waals surface area (Å²) in [5, 5.41) is 5.94. The molecule has 0 saturated heterocycles. The monoisotopic (exact) mass is 332 g/mol. The fourth-order valence-electron chi connectivity index (χ4n) is 2.99. The molecule has 0 aliphatic heterocycles. The molecule has 0 bridgehead atoms. The fraction of sp³-hybridized carbons (Fsp3) is 0.611. The number of aromatic nitrogens is 1. The van der Waals surface area contributed by atoms with Gasteiger partial charge < -0.3 is 15.5 Å². The summed E-state index contributed by atoms with van der Waals surface area (Å²) in [6.07, 6.45) is 4.85. The van der Waals surface area contributed by atoms with E-state index in [0.717, 1.165) is 37.9 Å². The van der Waals surface area contributed by atoms with Gasteiger partial charge in [0.05, 0.1) is 12.2 Å². The van der Waals surface area contributed by atoms with Gasteiger partial charge in [-0.25, -0.2) is 0 Å². The van der Waals surface area contributed by atoms with Crippen LogP contribution in [0, 0.1) is 11.8 Å². The van der Waals surface area contributed by atoms with Crippen LogP contribution in [0.15, 0.2) is 24.4 Å². The van der Waals surface area contributed by atoms with E-state index in [1.807, 2.05) is 37.2 Å². The average Bonchev–Trinajstić information content (AvgIpc) is 2.60. The molecule has 1 aliphatic rings. The highest BCUT2D eigenvalue weighted by atomic mass is 16.2. The minimum absolute atomic E-state index is 0.0135. The maximum absolute atomic E-state index is 12.2. The molecule has 24 heavy (non-hydrogen) atoms. The van der Waals surface area contributed by atoms with Gasteiger partial charge in [0.1, 0.15) is 0 Å². The molecule has 2 amide bonds. The van der Waals surface area contributed by atoms with E-state index in [-0.39, 0.29) is 23.7 Å². The van der Waals surface area contributed by atoms with Crippen LogP contribution in [-0.2, 0) is 16.1 Å². The molecule has 0 radical (unpaired) electrons. The Kier molecular flexibility index (Phi) is 7.18. The molecule has 1 aromatic heterocycles. The first-order valence-corrected chi connectivity index (χ1v) is 8.66. The Labute approximate surface area is 144 Å². The van der Waals surface area contributed by atoms with Gasteiger partial charge in [0.25, 0.3) is 0 Å². The van der Waals surface area contributed by atoms with Crippen molar-refractivity contribution in [1.29, 1.82) is 0 Å². The Morgan fingerprint density at radius 1 is 1.08 bits per heavy atom. The molecule has 0 aromatic carbocycles. The molecule has 0 spiro atoms. The third-order valence-corrected chi connectivity index (χ3v) is 4.50. The van der Waals surface area contributed by atoms with E-state index in [4.69, 9.17) is 0 Å². The van der Waals surface area contributed by atoms with Crippen molar-refractivity contribution in [3.8, 4) is 0 Å². The van der Waals surface area contributed by atoms with E-state index in [0.29, 0.717) is 13.1 Å². The number of carbonyl (C=O) groups excluding carboxylic acids is 2. The lowest BCUT2D eigenvalue weighted by Gasteiger charge is -2.27. The fourth-order valence-corrected chi connectivity index (χ4v) is 2.99. The van der Waals surface area contributed by atoms with Crippen molar-refractivity contribution in [1.82, 2.24) is 20.5 Å². The number of carbonyl (C=O) groups is 2. The highest BCUT2D eigenvalue weighted by Crippen LogP contribution is 2.29. The zero-order valence-electron chi connectivity index (χ0n) is 14.6. The predicted octanol–water partition coefficient (Wildman–Crippen LogP) is 1.18. The van der Waals surface area contributed by atoms with Crippen LogP contribution in [0.4, 0.5) is 0 Å². The zero-order chi connectivity index (χ0) is 17.4. The second kappa shape index (κ2) is 9.37. The van der Waals surface area contributed by atoms with Gasteiger partial charge in [-0.1, -0.05) is 6.07 Å². The smallest absolute Gasteiger partial charge is 0.223 e. The quantitative estimate of drug-likeness (QED) is 0.786. The highest BCUT2D eigenvalue weighted by Gasteiger charge is 2.29. The van der Waals surface area contributed by atoms with Gasteiger partial charge >= 0.3 is 0 Å². The molecule has 2 rings (SSSR count). The molecule has 1 fully saturated rings. The summed E-state index contributed by atoms with van der Waals surface area (Å²) in [6.45, 7) is 1.98. The van der Waals surface area contributed by atoms with Crippen LogP contribution in [0.5, 0.6) is 0 Å². The van der Waals surface area contributed by atoms with Gasteiger partial charge in [0.2, 0.25) is 11.8 Å². The first-order chi connectivity index (χ1) is 11.6. The molecular formula is C18H28N4O2. The maximum atomic E-state index is 12.2. The molecule has 1 aromatic rings. The molecule has 1 heterocycles. The molecule has 132 valence electrons. The molecule has 6 heteroatoms. The summed E-state index contributed by atoms with van der Waals surface area (Å²) in [4.78, 5) is 30.6. The second-order valence-corrected chi connectivity index (χ2v) is 6.68. The van der Waals surface area contributed by atoms with Crippen molar-refractivity contribution in [3.63, 3.8) is 0 Å². The Morgan fingerprint density at radius 3 is 2.25 bits per heavy atom. The van der Waals surface area contributed by atoms with Gasteiger partial charge in [-0.3, -0.25) is 14.6 Å². The number of amides is 2. The summed E-state index contributed by atoms with van der Waals surface area (Å²) in [7, 11) is 3.97. The van der Waals surface area contributed by atoms with Crippen molar-refractivity contribution < 1.29 is 9.59 Å². The van der Waals surface area contributed by atoms with E-state index < -0.39 is 0 Å². The molecule has 1 saturated carbocycles. The first kappa shape index (κ1) is 18.4. The molecule has 6 nitrogen and oxygen atoms in total. The molecule has 0 unspecified atom stereocenters.